The monoisotopic (exact) mass is 527 g/mol. The van der Waals surface area contributed by atoms with E-state index in [1.54, 1.807) is 0 Å². The van der Waals surface area contributed by atoms with Crippen molar-refractivity contribution >= 4 is 22.6 Å². The highest BCUT2D eigenvalue weighted by Gasteiger charge is 2.16. The van der Waals surface area contributed by atoms with Crippen molar-refractivity contribution in [1.82, 2.24) is 30.2 Å². The highest BCUT2D eigenvalue weighted by molar-refractivity contribution is 14.1. The van der Waals surface area contributed by atoms with E-state index in [1.165, 1.54) is 5.56 Å². The van der Waals surface area contributed by atoms with E-state index in [0.717, 1.165) is 64.1 Å². The molecule has 0 aliphatic rings. The molecule has 160 valence electrons. The Labute approximate surface area is 195 Å². The molecule has 4 aromatic rings. The summed E-state index contributed by atoms with van der Waals surface area (Å²) in [5.41, 5.74) is 12.7. The fourth-order valence-corrected chi connectivity index (χ4v) is 4.43. The van der Waals surface area contributed by atoms with Gasteiger partial charge in [0.1, 0.15) is 5.82 Å². The Balaban J connectivity index is 1.63. The molecule has 2 aromatic heterocycles. The average Bonchev–Trinajstić information content (AvgIpc) is 3.46. The number of benzene rings is 2. The largest absolute Gasteiger partial charge is 0.326 e. The second-order valence-corrected chi connectivity index (χ2v) is 8.19. The number of H-pyrrole nitrogens is 1. The standard InChI is InChI=1S/C23H26IN7/c1-2-3-8-22-26-20(13-24)21(14-25)31(22)15-16-9-11-17(12-10-16)18-6-4-5-7-19(18)23-27-29-30-28-23/h4-7,9-12H,2-3,8,13-15,25H2,1H3,(H,27,28,29,30). The first-order chi connectivity index (χ1) is 15.2. The Kier molecular flexibility index (Phi) is 7.08. The molecule has 0 saturated carbocycles. The molecule has 4 rings (SSSR count). The molecule has 0 unspecified atom stereocenters. The molecule has 3 N–H and O–H groups in total. The highest BCUT2D eigenvalue weighted by atomic mass is 127. The number of aryl methyl sites for hydroxylation is 1. The summed E-state index contributed by atoms with van der Waals surface area (Å²) in [4.78, 5) is 4.89. The van der Waals surface area contributed by atoms with E-state index in [9.17, 15) is 0 Å². The molecule has 0 spiro atoms. The summed E-state index contributed by atoms with van der Waals surface area (Å²) in [7, 11) is 0. The molecule has 0 aliphatic heterocycles. The predicted octanol–water partition coefficient (Wildman–Crippen LogP) is 4.51. The molecule has 2 heterocycles. The number of nitrogens with zero attached hydrogens (tertiary/aromatic N) is 5. The zero-order valence-electron chi connectivity index (χ0n) is 17.6. The van der Waals surface area contributed by atoms with Crippen molar-refractivity contribution in [2.45, 2.75) is 43.7 Å². The number of hydrogen-bond acceptors (Lipinski definition) is 5. The minimum atomic E-state index is 0.508. The maximum absolute atomic E-state index is 6.10. The van der Waals surface area contributed by atoms with Gasteiger partial charge in [-0.05, 0) is 28.3 Å². The van der Waals surface area contributed by atoms with Gasteiger partial charge in [0.25, 0.3) is 0 Å². The fraction of sp³-hybridized carbons (Fsp3) is 0.304. The third-order valence-electron chi connectivity index (χ3n) is 5.43. The van der Waals surface area contributed by atoms with Gasteiger partial charge in [0.05, 0.1) is 11.4 Å². The first-order valence-corrected chi connectivity index (χ1v) is 12.0. The van der Waals surface area contributed by atoms with Crippen molar-refractivity contribution < 1.29 is 0 Å². The molecule has 0 aliphatic carbocycles. The van der Waals surface area contributed by atoms with Gasteiger partial charge in [-0.25, -0.2) is 4.98 Å². The van der Waals surface area contributed by atoms with Crippen molar-refractivity contribution in [3.8, 4) is 22.5 Å². The summed E-state index contributed by atoms with van der Waals surface area (Å²) in [5.74, 6) is 1.73. The van der Waals surface area contributed by atoms with Gasteiger partial charge in [-0.3, -0.25) is 0 Å². The van der Waals surface area contributed by atoms with Gasteiger partial charge < -0.3 is 10.3 Å². The quantitative estimate of drug-likeness (QED) is 0.247. The van der Waals surface area contributed by atoms with Gasteiger partial charge in [0.2, 0.25) is 5.82 Å². The number of rotatable bonds is 9. The number of imidazole rings is 1. The molecule has 0 saturated heterocycles. The Bertz CT molecular complexity index is 1120. The summed E-state index contributed by atoms with van der Waals surface area (Å²) in [6, 6.07) is 16.8. The molecular weight excluding hydrogens is 501 g/mol. The number of nitrogens with one attached hydrogen (secondary N) is 1. The molecule has 2 aromatic carbocycles. The molecule has 0 radical (unpaired) electrons. The Morgan fingerprint density at radius 2 is 1.84 bits per heavy atom. The van der Waals surface area contributed by atoms with Crippen LogP contribution in [0, 0.1) is 0 Å². The van der Waals surface area contributed by atoms with Gasteiger partial charge in [-0.2, -0.15) is 5.21 Å². The van der Waals surface area contributed by atoms with E-state index < -0.39 is 0 Å². The fourth-order valence-electron chi connectivity index (χ4n) is 3.82. The Hall–Kier alpha value is -2.59. The SMILES string of the molecule is CCCCc1nc(CI)c(CN)n1Cc1ccc(-c2ccccc2-c2nn[nH]n2)cc1. The topological polar surface area (TPSA) is 98.3 Å². The number of tetrazole rings is 1. The maximum atomic E-state index is 6.10. The van der Waals surface area contributed by atoms with E-state index in [2.05, 4.69) is 85.0 Å². The highest BCUT2D eigenvalue weighted by Crippen LogP contribution is 2.30. The summed E-state index contributed by atoms with van der Waals surface area (Å²) < 4.78 is 3.19. The smallest absolute Gasteiger partial charge is 0.205 e. The zero-order chi connectivity index (χ0) is 21.6. The molecule has 8 heteroatoms. The van der Waals surface area contributed by atoms with Crippen molar-refractivity contribution in [1.29, 1.82) is 0 Å². The van der Waals surface area contributed by atoms with E-state index in [-0.39, 0.29) is 0 Å². The zero-order valence-corrected chi connectivity index (χ0v) is 19.7. The minimum Gasteiger partial charge on any atom is -0.326 e. The van der Waals surface area contributed by atoms with Crippen LogP contribution in [-0.2, 0) is 23.9 Å². The Morgan fingerprint density at radius 3 is 2.48 bits per heavy atom. The van der Waals surface area contributed by atoms with Gasteiger partial charge in [0.15, 0.2) is 0 Å². The van der Waals surface area contributed by atoms with Gasteiger partial charge >= 0.3 is 0 Å². The van der Waals surface area contributed by atoms with Crippen LogP contribution in [0.2, 0.25) is 0 Å². The number of aromatic amines is 1. The van der Waals surface area contributed by atoms with Crippen molar-refractivity contribution in [2.75, 3.05) is 0 Å². The van der Waals surface area contributed by atoms with E-state index in [0.29, 0.717) is 12.4 Å². The van der Waals surface area contributed by atoms with Crippen LogP contribution in [-0.4, -0.2) is 30.2 Å². The third kappa shape index (κ3) is 4.69. The van der Waals surface area contributed by atoms with Crippen LogP contribution in [0.25, 0.3) is 22.5 Å². The normalized spacial score (nSPS) is 11.2. The van der Waals surface area contributed by atoms with E-state index in [1.807, 2.05) is 18.2 Å². The van der Waals surface area contributed by atoms with Crippen LogP contribution >= 0.6 is 22.6 Å². The summed E-state index contributed by atoms with van der Waals surface area (Å²) in [6.45, 7) is 3.50. The van der Waals surface area contributed by atoms with E-state index >= 15 is 0 Å². The van der Waals surface area contributed by atoms with E-state index in [4.69, 9.17) is 10.7 Å². The summed E-state index contributed by atoms with van der Waals surface area (Å²) in [6.07, 6.45) is 3.27. The number of hydrogen-bond donors (Lipinski definition) is 2. The first kappa shape index (κ1) is 21.6. The number of alkyl halides is 1. The molecule has 0 fully saturated rings. The predicted molar refractivity (Wildman–Crippen MR) is 131 cm³/mol. The lowest BCUT2D eigenvalue weighted by Gasteiger charge is -2.13. The van der Waals surface area contributed by atoms with Crippen LogP contribution in [0.5, 0.6) is 0 Å². The molecule has 0 bridgehead atoms. The van der Waals surface area contributed by atoms with Crippen LogP contribution in [0.3, 0.4) is 0 Å². The lowest BCUT2D eigenvalue weighted by atomic mass is 9.98. The maximum Gasteiger partial charge on any atom is 0.205 e. The number of aromatic nitrogens is 6. The van der Waals surface area contributed by atoms with Gasteiger partial charge in [-0.15, -0.1) is 10.2 Å². The molecular formula is C23H26IN7. The van der Waals surface area contributed by atoms with Crippen LogP contribution in [0.15, 0.2) is 48.5 Å². The van der Waals surface area contributed by atoms with Crippen molar-refractivity contribution in [2.24, 2.45) is 5.73 Å². The average molecular weight is 527 g/mol. The third-order valence-corrected chi connectivity index (χ3v) is 6.15. The molecule has 31 heavy (non-hydrogen) atoms. The lowest BCUT2D eigenvalue weighted by molar-refractivity contribution is 0.655. The van der Waals surface area contributed by atoms with Gasteiger partial charge in [0, 0.05) is 29.5 Å². The lowest BCUT2D eigenvalue weighted by Crippen LogP contribution is -2.12. The second-order valence-electron chi connectivity index (χ2n) is 7.43. The molecule has 0 amide bonds. The van der Waals surface area contributed by atoms with Crippen LogP contribution in [0.1, 0.15) is 42.5 Å². The number of halogens is 1. The summed E-state index contributed by atoms with van der Waals surface area (Å²) in [5, 5.41) is 14.5. The summed E-state index contributed by atoms with van der Waals surface area (Å²) >= 11 is 2.37. The van der Waals surface area contributed by atoms with Crippen LogP contribution in [0.4, 0.5) is 0 Å². The first-order valence-electron chi connectivity index (χ1n) is 10.5. The number of unbranched alkanes of at least 4 members (excludes halogenated alkanes) is 1. The Morgan fingerprint density at radius 1 is 1.06 bits per heavy atom. The van der Waals surface area contributed by atoms with Crippen LogP contribution < -0.4 is 5.73 Å². The van der Waals surface area contributed by atoms with Crippen molar-refractivity contribution in [3.05, 3.63) is 71.3 Å². The molecule has 0 atom stereocenters. The minimum absolute atomic E-state index is 0.508. The van der Waals surface area contributed by atoms with Crippen molar-refractivity contribution in [3.63, 3.8) is 0 Å². The number of nitrogens with two attached hydrogens (primary N) is 1. The van der Waals surface area contributed by atoms with Gasteiger partial charge in [-0.1, -0.05) is 84.5 Å². The molecule has 7 nitrogen and oxygen atoms in total. The second kappa shape index (κ2) is 10.1.